The Balaban J connectivity index is 1.91. The van der Waals surface area contributed by atoms with Gasteiger partial charge in [0, 0.05) is 42.4 Å². The van der Waals surface area contributed by atoms with E-state index < -0.39 is 5.38 Å². The number of benzene rings is 1. The summed E-state index contributed by atoms with van der Waals surface area (Å²) >= 11 is 11.8. The van der Waals surface area contributed by atoms with Crippen molar-refractivity contribution in [1.82, 2.24) is 9.88 Å². The molecule has 1 atom stereocenters. The summed E-state index contributed by atoms with van der Waals surface area (Å²) in [5.41, 5.74) is 1.88. The van der Waals surface area contributed by atoms with E-state index >= 15 is 0 Å². The number of amides is 1. The summed E-state index contributed by atoms with van der Waals surface area (Å²) in [4.78, 5) is 17.6. The van der Waals surface area contributed by atoms with Gasteiger partial charge in [-0.15, -0.1) is 11.6 Å². The molecule has 0 fully saturated rings. The Kier molecular flexibility index (Phi) is 5.86. The van der Waals surface area contributed by atoms with E-state index in [-0.39, 0.29) is 5.91 Å². The Morgan fingerprint density at radius 1 is 1.41 bits per heavy atom. The van der Waals surface area contributed by atoms with Crippen LogP contribution in [0.3, 0.4) is 0 Å². The van der Waals surface area contributed by atoms with Crippen molar-refractivity contribution in [1.29, 1.82) is 0 Å². The predicted molar refractivity (Wildman–Crippen MR) is 92.8 cm³/mol. The molecule has 4 nitrogen and oxygen atoms in total. The zero-order valence-electron chi connectivity index (χ0n) is 12.6. The first kappa shape index (κ1) is 16.8. The number of nitrogens with one attached hydrogen (secondary N) is 1. The van der Waals surface area contributed by atoms with Crippen LogP contribution in [0, 0.1) is 0 Å². The number of carbonyl (C=O) groups excluding carboxylic acids is 1. The Morgan fingerprint density at radius 3 is 2.91 bits per heavy atom. The lowest BCUT2D eigenvalue weighted by Gasteiger charge is -2.18. The zero-order valence-corrected chi connectivity index (χ0v) is 14.2. The van der Waals surface area contributed by atoms with Gasteiger partial charge in [0.15, 0.2) is 0 Å². The average Bonchev–Trinajstić information content (AvgIpc) is 2.50. The van der Waals surface area contributed by atoms with Crippen LogP contribution in [0.5, 0.6) is 0 Å². The third-order valence-corrected chi connectivity index (χ3v) is 3.83. The monoisotopic (exact) mass is 339 g/mol. The Bertz CT molecular complexity index is 661. The lowest BCUT2D eigenvalue weighted by Crippen LogP contribution is -2.33. The molecular formula is C16H19Cl2N3O. The summed E-state index contributed by atoms with van der Waals surface area (Å²) < 4.78 is 0. The lowest BCUT2D eigenvalue weighted by molar-refractivity contribution is -0.129. The number of fused-ring (bicyclic) bond motifs is 1. The number of anilines is 1. The highest BCUT2D eigenvalue weighted by atomic mass is 35.5. The van der Waals surface area contributed by atoms with Crippen molar-refractivity contribution in [3.8, 4) is 0 Å². The van der Waals surface area contributed by atoms with Crippen molar-refractivity contribution in [2.45, 2.75) is 18.7 Å². The zero-order chi connectivity index (χ0) is 16.1. The summed E-state index contributed by atoms with van der Waals surface area (Å²) in [7, 11) is 1.77. The van der Waals surface area contributed by atoms with Crippen LogP contribution in [0.4, 0.5) is 5.69 Å². The fourth-order valence-electron chi connectivity index (χ4n) is 2.23. The summed E-state index contributed by atoms with van der Waals surface area (Å²) in [5, 5.41) is 4.60. The number of rotatable bonds is 6. The first-order chi connectivity index (χ1) is 10.5. The van der Waals surface area contributed by atoms with Gasteiger partial charge in [0.2, 0.25) is 5.91 Å². The second-order valence-corrected chi connectivity index (χ2v) is 6.27. The highest BCUT2D eigenvalue weighted by molar-refractivity contribution is 6.31. The fourth-order valence-corrected chi connectivity index (χ4v) is 2.56. The summed E-state index contributed by atoms with van der Waals surface area (Å²) in [6.45, 7) is 3.11. The standard InChI is InChI=1S/C16H19Cl2N3O/c1-11(17)16(22)21(2)9-3-7-19-14-6-8-20-15-10-12(18)4-5-13(14)15/h4-6,8,10-11H,3,7,9H2,1-2H3,(H,19,20). The maximum absolute atomic E-state index is 11.7. The number of halogens is 2. The molecule has 22 heavy (non-hydrogen) atoms. The molecule has 6 heteroatoms. The van der Waals surface area contributed by atoms with E-state index in [2.05, 4.69) is 10.3 Å². The molecule has 0 saturated heterocycles. The molecule has 0 aliphatic rings. The third-order valence-electron chi connectivity index (χ3n) is 3.41. The quantitative estimate of drug-likeness (QED) is 0.643. The van der Waals surface area contributed by atoms with Gasteiger partial charge in [-0.1, -0.05) is 11.6 Å². The average molecular weight is 340 g/mol. The smallest absolute Gasteiger partial charge is 0.240 e. The minimum Gasteiger partial charge on any atom is -0.384 e. The Morgan fingerprint density at radius 2 is 2.18 bits per heavy atom. The molecule has 1 aromatic carbocycles. The van der Waals surface area contributed by atoms with E-state index in [4.69, 9.17) is 23.2 Å². The number of hydrogen-bond donors (Lipinski definition) is 1. The molecule has 1 aromatic heterocycles. The Hall–Kier alpha value is -1.52. The van der Waals surface area contributed by atoms with Gasteiger partial charge >= 0.3 is 0 Å². The van der Waals surface area contributed by atoms with E-state index in [0.29, 0.717) is 11.6 Å². The van der Waals surface area contributed by atoms with Crippen molar-refractivity contribution in [2.24, 2.45) is 0 Å². The largest absolute Gasteiger partial charge is 0.384 e. The molecule has 2 aromatic rings. The van der Waals surface area contributed by atoms with Crippen LogP contribution in [0.15, 0.2) is 30.5 Å². The van der Waals surface area contributed by atoms with Crippen molar-refractivity contribution >= 4 is 45.7 Å². The molecule has 118 valence electrons. The normalized spacial score (nSPS) is 12.2. The van der Waals surface area contributed by atoms with Gasteiger partial charge in [-0.25, -0.2) is 0 Å². The lowest BCUT2D eigenvalue weighted by atomic mass is 10.2. The molecule has 0 saturated carbocycles. The van der Waals surface area contributed by atoms with Gasteiger partial charge in [-0.05, 0) is 37.6 Å². The van der Waals surface area contributed by atoms with Crippen LogP contribution < -0.4 is 5.32 Å². The maximum atomic E-state index is 11.7. The topological polar surface area (TPSA) is 45.2 Å². The molecular weight excluding hydrogens is 321 g/mol. The molecule has 1 unspecified atom stereocenters. The van der Waals surface area contributed by atoms with Crippen molar-refractivity contribution < 1.29 is 4.79 Å². The van der Waals surface area contributed by atoms with Crippen molar-refractivity contribution in [3.63, 3.8) is 0 Å². The van der Waals surface area contributed by atoms with E-state index in [1.807, 2.05) is 24.3 Å². The van der Waals surface area contributed by atoms with E-state index in [0.717, 1.165) is 29.6 Å². The van der Waals surface area contributed by atoms with Crippen LogP contribution in [0.25, 0.3) is 10.9 Å². The fraction of sp³-hybridized carbons (Fsp3) is 0.375. The van der Waals surface area contributed by atoms with E-state index in [1.54, 1.807) is 25.1 Å². The van der Waals surface area contributed by atoms with Gasteiger partial charge in [-0.2, -0.15) is 0 Å². The highest BCUT2D eigenvalue weighted by Gasteiger charge is 2.13. The first-order valence-electron chi connectivity index (χ1n) is 7.16. The maximum Gasteiger partial charge on any atom is 0.240 e. The second kappa shape index (κ2) is 7.65. The van der Waals surface area contributed by atoms with Crippen LogP contribution in [-0.4, -0.2) is 41.3 Å². The molecule has 0 spiro atoms. The van der Waals surface area contributed by atoms with Gasteiger partial charge in [-0.3, -0.25) is 9.78 Å². The van der Waals surface area contributed by atoms with Crippen LogP contribution >= 0.6 is 23.2 Å². The number of alkyl halides is 1. The van der Waals surface area contributed by atoms with E-state index in [1.165, 1.54) is 0 Å². The van der Waals surface area contributed by atoms with Crippen molar-refractivity contribution in [2.75, 3.05) is 25.5 Å². The number of nitrogens with zero attached hydrogens (tertiary/aromatic N) is 2. The Labute approximate surface area is 140 Å². The molecule has 1 N–H and O–H groups in total. The molecule has 0 bridgehead atoms. The number of carbonyl (C=O) groups is 1. The second-order valence-electron chi connectivity index (χ2n) is 5.18. The number of aromatic nitrogens is 1. The molecule has 1 heterocycles. The predicted octanol–water partition coefficient (Wildman–Crippen LogP) is 3.78. The molecule has 1 amide bonds. The summed E-state index contributed by atoms with van der Waals surface area (Å²) in [6, 6.07) is 7.59. The van der Waals surface area contributed by atoms with Gasteiger partial charge in [0.05, 0.1) is 5.52 Å². The van der Waals surface area contributed by atoms with Crippen LogP contribution in [-0.2, 0) is 4.79 Å². The molecule has 0 aliphatic carbocycles. The van der Waals surface area contributed by atoms with Crippen LogP contribution in [0.1, 0.15) is 13.3 Å². The highest BCUT2D eigenvalue weighted by Crippen LogP contribution is 2.24. The molecule has 0 radical (unpaired) electrons. The van der Waals surface area contributed by atoms with Crippen molar-refractivity contribution in [3.05, 3.63) is 35.5 Å². The SMILES string of the molecule is CC(Cl)C(=O)N(C)CCCNc1ccnc2cc(Cl)ccc12. The first-order valence-corrected chi connectivity index (χ1v) is 7.97. The van der Waals surface area contributed by atoms with Gasteiger partial charge < -0.3 is 10.2 Å². The van der Waals surface area contributed by atoms with Crippen LogP contribution in [0.2, 0.25) is 5.02 Å². The summed E-state index contributed by atoms with van der Waals surface area (Å²) in [5.74, 6) is -0.0503. The number of hydrogen-bond acceptors (Lipinski definition) is 3. The van der Waals surface area contributed by atoms with Gasteiger partial charge in [0.25, 0.3) is 0 Å². The van der Waals surface area contributed by atoms with Gasteiger partial charge in [0.1, 0.15) is 5.38 Å². The van der Waals surface area contributed by atoms with E-state index in [9.17, 15) is 4.79 Å². The third kappa shape index (κ3) is 4.24. The minimum atomic E-state index is -0.480. The summed E-state index contributed by atoms with van der Waals surface area (Å²) in [6.07, 6.45) is 2.59. The minimum absolute atomic E-state index is 0.0503. The molecule has 2 rings (SSSR count). The number of pyridine rings is 1. The molecule has 0 aliphatic heterocycles.